The van der Waals surface area contributed by atoms with Crippen LogP contribution in [0.15, 0.2) is 12.1 Å². The van der Waals surface area contributed by atoms with E-state index in [1.54, 1.807) is 6.07 Å². The molecule has 1 aromatic carbocycles. The molecule has 150 valence electrons. The highest BCUT2D eigenvalue weighted by Crippen LogP contribution is 2.65. The van der Waals surface area contributed by atoms with Crippen molar-refractivity contribution in [2.24, 2.45) is 5.92 Å². The predicted molar refractivity (Wildman–Crippen MR) is 103 cm³/mol. The van der Waals surface area contributed by atoms with Crippen LogP contribution in [-0.4, -0.2) is 58.4 Å². The Balaban J connectivity index is 1.53. The van der Waals surface area contributed by atoms with Crippen molar-refractivity contribution in [1.82, 2.24) is 0 Å². The second-order valence-corrected chi connectivity index (χ2v) is 10.3. The summed E-state index contributed by atoms with van der Waals surface area (Å²) in [5, 5.41) is 22.7. The predicted octanol–water partition coefficient (Wildman–Crippen LogP) is 2.45. The van der Waals surface area contributed by atoms with Crippen molar-refractivity contribution in [3.63, 3.8) is 0 Å². The number of quaternary nitrogens is 1. The van der Waals surface area contributed by atoms with Crippen LogP contribution >= 0.6 is 0 Å². The van der Waals surface area contributed by atoms with Crippen LogP contribution in [0, 0.1) is 5.92 Å². The number of likely N-dealkylation sites (tertiary alicyclic amines) is 1. The van der Waals surface area contributed by atoms with E-state index in [9.17, 15) is 15.0 Å². The number of ketones is 1. The summed E-state index contributed by atoms with van der Waals surface area (Å²) in [7, 11) is 2.33. The number of phenolic OH excluding ortho intramolecular Hbond substituents is 1. The highest BCUT2D eigenvalue weighted by atomic mass is 16.5. The van der Waals surface area contributed by atoms with Crippen LogP contribution in [0.3, 0.4) is 0 Å². The molecule has 3 aliphatic carbocycles. The first-order valence-electron chi connectivity index (χ1n) is 11.0. The summed E-state index contributed by atoms with van der Waals surface area (Å²) in [6.07, 6.45) is 7.08. The van der Waals surface area contributed by atoms with Crippen LogP contribution in [0.4, 0.5) is 0 Å². The van der Waals surface area contributed by atoms with Crippen molar-refractivity contribution in [3.05, 3.63) is 23.3 Å². The monoisotopic (exact) mass is 384 g/mol. The van der Waals surface area contributed by atoms with Crippen LogP contribution in [-0.2, 0) is 16.6 Å². The molecule has 2 heterocycles. The molecule has 5 nitrogen and oxygen atoms in total. The lowest BCUT2D eigenvalue weighted by Crippen LogP contribution is -2.81. The molecule has 5 heteroatoms. The van der Waals surface area contributed by atoms with E-state index < -0.39 is 17.1 Å². The molecule has 0 radical (unpaired) electrons. The molecule has 1 aromatic rings. The number of phenols is 1. The average molecular weight is 384 g/mol. The van der Waals surface area contributed by atoms with Crippen molar-refractivity contribution in [3.8, 4) is 11.5 Å². The summed E-state index contributed by atoms with van der Waals surface area (Å²) in [5.74, 6) is 1.39. The molecule has 28 heavy (non-hydrogen) atoms. The van der Waals surface area contributed by atoms with Crippen molar-refractivity contribution < 1.29 is 24.2 Å². The van der Waals surface area contributed by atoms with E-state index in [2.05, 4.69) is 7.05 Å². The first-order valence-corrected chi connectivity index (χ1v) is 11.0. The minimum Gasteiger partial charge on any atom is -0.504 e. The molecule has 2 bridgehead atoms. The molecule has 0 aromatic heterocycles. The lowest BCUT2D eigenvalue weighted by Gasteiger charge is -2.64. The van der Waals surface area contributed by atoms with E-state index in [0.717, 1.165) is 47.5 Å². The number of nitrogens with zero attached hydrogens (tertiary/aromatic N) is 1. The molecule has 5 atom stereocenters. The number of aromatic hydroxyl groups is 1. The van der Waals surface area contributed by atoms with Crippen LogP contribution in [0.1, 0.15) is 56.1 Å². The summed E-state index contributed by atoms with van der Waals surface area (Å²) in [5.41, 5.74) is 0.484. The number of carbonyl (C=O) groups is 1. The number of piperidine rings is 1. The summed E-state index contributed by atoms with van der Waals surface area (Å²) in [6.45, 7) is 2.09. The fourth-order valence-electron chi connectivity index (χ4n) is 7.83. The standard InChI is InChI=1S/C23H29NO4/c1-24(13-14-4-2-3-5-14)11-10-22-19-15-6-7-16(25)20(19)28-21(22)17(26)8-9-23(22,27)18(24)12-15/h6-7,14,18,21,27H,2-5,8-13H2,1H3/p+1/t18-,21+,22+,23-,24-/m1/s1. The van der Waals surface area contributed by atoms with Crippen LogP contribution in [0.2, 0.25) is 0 Å². The zero-order valence-corrected chi connectivity index (χ0v) is 16.6. The number of carbonyl (C=O) groups excluding carboxylic acids is 1. The average Bonchev–Trinajstić information content (AvgIpc) is 3.29. The molecular weight excluding hydrogens is 354 g/mol. The van der Waals surface area contributed by atoms with Crippen LogP contribution in [0.25, 0.3) is 0 Å². The van der Waals surface area contributed by atoms with Crippen molar-refractivity contribution in [2.45, 2.75) is 74.5 Å². The maximum atomic E-state index is 12.9. The van der Waals surface area contributed by atoms with Gasteiger partial charge in [-0.1, -0.05) is 18.9 Å². The molecule has 0 amide bonds. The molecule has 0 unspecified atom stereocenters. The van der Waals surface area contributed by atoms with Gasteiger partial charge in [0.1, 0.15) is 11.6 Å². The first-order chi connectivity index (χ1) is 13.4. The van der Waals surface area contributed by atoms with E-state index in [1.165, 1.54) is 25.7 Å². The minimum atomic E-state index is -0.941. The molecule has 1 spiro atoms. The van der Waals surface area contributed by atoms with E-state index >= 15 is 0 Å². The first kappa shape index (κ1) is 17.3. The van der Waals surface area contributed by atoms with Gasteiger partial charge < -0.3 is 19.4 Å². The zero-order chi connectivity index (χ0) is 19.3. The summed E-state index contributed by atoms with van der Waals surface area (Å²) < 4.78 is 7.02. The van der Waals surface area contributed by atoms with E-state index in [-0.39, 0.29) is 17.6 Å². The van der Waals surface area contributed by atoms with Crippen LogP contribution in [0.5, 0.6) is 11.5 Å². The van der Waals surface area contributed by atoms with Crippen molar-refractivity contribution in [2.75, 3.05) is 20.1 Å². The third kappa shape index (κ3) is 1.83. The van der Waals surface area contributed by atoms with Crippen molar-refractivity contribution >= 4 is 5.78 Å². The highest BCUT2D eigenvalue weighted by molar-refractivity contribution is 5.90. The molecular formula is C23H30NO4+. The number of hydrogen-bond donors (Lipinski definition) is 2. The normalized spacial score (nSPS) is 43.7. The molecule has 2 N–H and O–H groups in total. The fraction of sp³-hybridized carbons (Fsp3) is 0.696. The fourth-order valence-corrected chi connectivity index (χ4v) is 7.83. The van der Waals surface area contributed by atoms with Gasteiger partial charge in [-0.3, -0.25) is 4.79 Å². The third-order valence-electron chi connectivity index (χ3n) is 9.05. The summed E-state index contributed by atoms with van der Waals surface area (Å²) >= 11 is 0. The van der Waals surface area contributed by atoms with Gasteiger partial charge in [-0.05, 0) is 30.9 Å². The Kier molecular flexibility index (Phi) is 3.28. The molecule has 6 rings (SSSR count). The number of aliphatic hydroxyl groups is 1. The smallest absolute Gasteiger partial charge is 0.174 e. The van der Waals surface area contributed by atoms with Gasteiger partial charge in [0.15, 0.2) is 23.4 Å². The SMILES string of the molecule is C[N@+]1(CC2CCCC2)CC[C@]23c4c5ccc(O)c4O[C@H]2C(=O)CC[C@@]3(O)[C@H]1C5. The Hall–Kier alpha value is -1.59. The van der Waals surface area contributed by atoms with Gasteiger partial charge >= 0.3 is 0 Å². The second kappa shape index (κ2) is 5.31. The lowest BCUT2D eigenvalue weighted by molar-refractivity contribution is -0.951. The summed E-state index contributed by atoms with van der Waals surface area (Å²) in [4.78, 5) is 12.9. The zero-order valence-electron chi connectivity index (χ0n) is 16.6. The minimum absolute atomic E-state index is 0.0822. The van der Waals surface area contributed by atoms with Gasteiger partial charge in [-0.2, -0.15) is 0 Å². The Morgan fingerprint density at radius 2 is 2.04 bits per heavy atom. The van der Waals surface area contributed by atoms with Gasteiger partial charge in [0.05, 0.1) is 25.6 Å². The topological polar surface area (TPSA) is 66.8 Å². The molecule has 2 saturated carbocycles. The van der Waals surface area contributed by atoms with Gasteiger partial charge in [-0.25, -0.2) is 0 Å². The van der Waals surface area contributed by atoms with E-state index in [0.29, 0.717) is 18.6 Å². The Morgan fingerprint density at radius 1 is 1.25 bits per heavy atom. The van der Waals surface area contributed by atoms with Gasteiger partial charge in [0.2, 0.25) is 0 Å². The largest absolute Gasteiger partial charge is 0.504 e. The highest BCUT2D eigenvalue weighted by Gasteiger charge is 2.76. The van der Waals surface area contributed by atoms with Gasteiger partial charge in [0.25, 0.3) is 0 Å². The maximum Gasteiger partial charge on any atom is 0.174 e. The second-order valence-electron chi connectivity index (χ2n) is 10.3. The van der Waals surface area contributed by atoms with E-state index in [4.69, 9.17) is 4.74 Å². The quantitative estimate of drug-likeness (QED) is 0.769. The number of rotatable bonds is 2. The molecule has 3 fully saturated rings. The Bertz CT molecular complexity index is 878. The number of benzene rings is 1. The van der Waals surface area contributed by atoms with Gasteiger partial charge in [0, 0.05) is 30.7 Å². The Labute approximate surface area is 165 Å². The van der Waals surface area contributed by atoms with Crippen LogP contribution < -0.4 is 4.74 Å². The third-order valence-corrected chi connectivity index (χ3v) is 9.05. The molecule has 1 saturated heterocycles. The van der Waals surface area contributed by atoms with E-state index in [1.807, 2.05) is 6.07 Å². The molecule has 2 aliphatic heterocycles. The Morgan fingerprint density at radius 3 is 2.82 bits per heavy atom. The number of hydrogen-bond acceptors (Lipinski definition) is 4. The molecule has 5 aliphatic rings. The van der Waals surface area contributed by atoms with Gasteiger partial charge in [-0.15, -0.1) is 0 Å². The lowest BCUT2D eigenvalue weighted by atomic mass is 9.48. The number of ether oxygens (including phenoxy) is 1. The number of Topliss-reactive ketones (excluding diaryl/α,β-unsaturated/α-hetero) is 1. The summed E-state index contributed by atoms with van der Waals surface area (Å²) in [6, 6.07) is 3.79. The maximum absolute atomic E-state index is 12.9. The number of likely N-dealkylation sites (N-methyl/N-ethyl adjacent to an activating group) is 1. The van der Waals surface area contributed by atoms with Crippen molar-refractivity contribution in [1.29, 1.82) is 0 Å².